The predicted octanol–water partition coefficient (Wildman–Crippen LogP) is 12.7. The number of rotatable bonds is 9. The number of hydrogen-bond acceptors (Lipinski definition) is 1. The number of benzene rings is 5. The molecular formula is C47H40O. The van der Waals surface area contributed by atoms with Gasteiger partial charge in [-0.15, -0.1) is 0 Å². The van der Waals surface area contributed by atoms with Crippen LogP contribution in [0.15, 0.2) is 199 Å². The van der Waals surface area contributed by atoms with Crippen LogP contribution in [0.2, 0.25) is 0 Å². The van der Waals surface area contributed by atoms with E-state index in [1.165, 1.54) is 38.6 Å². The van der Waals surface area contributed by atoms with Crippen LogP contribution in [0, 0.1) is 6.92 Å². The number of fused-ring (bicyclic) bond motifs is 1. The quantitative estimate of drug-likeness (QED) is 0.149. The predicted molar refractivity (Wildman–Crippen MR) is 207 cm³/mol. The van der Waals surface area contributed by atoms with Crippen LogP contribution < -0.4 is 0 Å². The number of allylic oxidation sites excluding steroid dienone is 14. The third kappa shape index (κ3) is 7.71. The van der Waals surface area contributed by atoms with Crippen molar-refractivity contribution in [3.05, 3.63) is 227 Å². The molecule has 48 heavy (non-hydrogen) atoms. The highest BCUT2D eigenvalue weighted by Gasteiger charge is 2.15. The van der Waals surface area contributed by atoms with Crippen LogP contribution in [0.5, 0.6) is 0 Å². The van der Waals surface area contributed by atoms with Gasteiger partial charge in [0.2, 0.25) is 0 Å². The second-order valence-corrected chi connectivity index (χ2v) is 11.8. The van der Waals surface area contributed by atoms with Crippen LogP contribution in [0.4, 0.5) is 0 Å². The fourth-order valence-corrected chi connectivity index (χ4v) is 5.89. The van der Waals surface area contributed by atoms with E-state index in [0.29, 0.717) is 0 Å². The molecule has 0 saturated heterocycles. The van der Waals surface area contributed by atoms with Crippen LogP contribution in [-0.2, 0) is 4.74 Å². The molecule has 5 aromatic rings. The first-order valence-corrected chi connectivity index (χ1v) is 16.5. The Labute approximate surface area is 285 Å². The molecule has 0 aromatic heterocycles. The lowest BCUT2D eigenvalue weighted by Crippen LogP contribution is -2.00. The summed E-state index contributed by atoms with van der Waals surface area (Å²) in [6, 6.07) is 44.2. The maximum absolute atomic E-state index is 6.38. The molecule has 234 valence electrons. The molecule has 1 aliphatic rings. The summed E-state index contributed by atoms with van der Waals surface area (Å²) in [5, 5.41) is 2.53. The Morgan fingerprint density at radius 2 is 1.12 bits per heavy atom. The second kappa shape index (κ2) is 15.6. The Bertz CT molecular complexity index is 2070. The minimum absolute atomic E-state index is 0.845. The molecule has 6 rings (SSSR count). The van der Waals surface area contributed by atoms with Gasteiger partial charge in [0.15, 0.2) is 0 Å². The van der Waals surface area contributed by atoms with E-state index in [2.05, 4.69) is 173 Å². The summed E-state index contributed by atoms with van der Waals surface area (Å²) in [5.74, 6) is 1.69. The van der Waals surface area contributed by atoms with Crippen molar-refractivity contribution >= 4 is 33.4 Å². The Morgan fingerprint density at radius 3 is 1.75 bits per heavy atom. The molecule has 1 nitrogen and oxygen atoms in total. The average molecular weight is 621 g/mol. The molecule has 0 aliphatic carbocycles. The largest absolute Gasteiger partial charge is 0.456 e. The third-order valence-electron chi connectivity index (χ3n) is 8.56. The number of aryl methyl sites for hydroxylation is 1. The van der Waals surface area contributed by atoms with Crippen molar-refractivity contribution in [2.75, 3.05) is 0 Å². The molecule has 0 radical (unpaired) electrons. The zero-order chi connectivity index (χ0) is 33.1. The normalized spacial score (nSPS) is 14.1. The molecule has 0 spiro atoms. The fourth-order valence-electron chi connectivity index (χ4n) is 5.89. The van der Waals surface area contributed by atoms with Gasteiger partial charge in [-0.2, -0.15) is 0 Å². The molecule has 0 atom stereocenters. The summed E-state index contributed by atoms with van der Waals surface area (Å²) in [6.07, 6.45) is 21.5. The maximum Gasteiger partial charge on any atom is 0.135 e. The molecule has 0 unspecified atom stereocenters. The van der Waals surface area contributed by atoms with Gasteiger partial charge in [0.25, 0.3) is 0 Å². The Balaban J connectivity index is 1.29. The Morgan fingerprint density at radius 1 is 0.562 bits per heavy atom. The zero-order valence-corrected chi connectivity index (χ0v) is 27.8. The maximum atomic E-state index is 6.38. The van der Waals surface area contributed by atoms with E-state index in [9.17, 15) is 0 Å². The van der Waals surface area contributed by atoms with Gasteiger partial charge in [-0.05, 0) is 88.8 Å². The molecule has 0 N–H and O–H groups in total. The van der Waals surface area contributed by atoms with Crippen molar-refractivity contribution in [2.45, 2.75) is 20.8 Å². The van der Waals surface area contributed by atoms with Gasteiger partial charge in [-0.3, -0.25) is 0 Å². The monoisotopic (exact) mass is 620 g/mol. The molecule has 0 bridgehead atoms. The van der Waals surface area contributed by atoms with Crippen molar-refractivity contribution in [1.82, 2.24) is 0 Å². The summed E-state index contributed by atoms with van der Waals surface area (Å²) in [5.41, 5.74) is 10.4. The van der Waals surface area contributed by atoms with E-state index in [4.69, 9.17) is 4.74 Å². The smallest absolute Gasteiger partial charge is 0.135 e. The molecule has 5 aromatic carbocycles. The van der Waals surface area contributed by atoms with Gasteiger partial charge < -0.3 is 4.74 Å². The minimum atomic E-state index is 0.845. The zero-order valence-electron chi connectivity index (χ0n) is 27.8. The van der Waals surface area contributed by atoms with Crippen LogP contribution in [-0.4, -0.2) is 0 Å². The van der Waals surface area contributed by atoms with Gasteiger partial charge in [-0.25, -0.2) is 0 Å². The summed E-state index contributed by atoms with van der Waals surface area (Å²) >= 11 is 0. The van der Waals surface area contributed by atoms with Crippen molar-refractivity contribution in [2.24, 2.45) is 0 Å². The van der Waals surface area contributed by atoms with Gasteiger partial charge in [0.05, 0.1) is 0 Å². The third-order valence-corrected chi connectivity index (χ3v) is 8.56. The minimum Gasteiger partial charge on any atom is -0.456 e. The van der Waals surface area contributed by atoms with E-state index in [-0.39, 0.29) is 0 Å². The first-order valence-electron chi connectivity index (χ1n) is 16.5. The van der Waals surface area contributed by atoms with Crippen molar-refractivity contribution in [1.29, 1.82) is 0 Å². The highest BCUT2D eigenvalue weighted by Crippen LogP contribution is 2.34. The van der Waals surface area contributed by atoms with E-state index in [0.717, 1.165) is 33.8 Å². The molecule has 1 aliphatic heterocycles. The van der Waals surface area contributed by atoms with Crippen molar-refractivity contribution in [3.8, 4) is 0 Å². The first-order chi connectivity index (χ1) is 23.6. The van der Waals surface area contributed by atoms with Gasteiger partial charge in [-0.1, -0.05) is 170 Å². The van der Waals surface area contributed by atoms with E-state index >= 15 is 0 Å². The SMILES string of the molecule is C\C=C(/C=C(/C=C/C=C/C=C/C(C)=C1C=C(c2ccccc2)OC(c2ccccc2)=C1)c1ccc2ccccc2c1C)c1ccccc1. The Hall–Kier alpha value is -5.92. The lowest BCUT2D eigenvalue weighted by molar-refractivity contribution is 0.466. The van der Waals surface area contributed by atoms with E-state index < -0.39 is 0 Å². The van der Waals surface area contributed by atoms with Gasteiger partial charge in [0, 0.05) is 11.1 Å². The standard InChI is InChI=1S/C47H40O/c1-4-37(38-21-12-7-13-22-38)32-42(45-31-30-39-23-18-19-29-44(39)36(45)3)28-11-6-5-10-20-35(2)43-33-46(40-24-14-8-15-25-40)48-47(34-43)41-26-16-9-17-27-41/h4-34H,1-3H3/b6-5+,20-10+,28-11+,37-4+,42-32-. The highest BCUT2D eigenvalue weighted by atomic mass is 16.5. The lowest BCUT2D eigenvalue weighted by Gasteiger charge is -2.19. The summed E-state index contributed by atoms with van der Waals surface area (Å²) < 4.78 is 6.38. The molecule has 0 amide bonds. The first kappa shape index (κ1) is 32.0. The molecular weight excluding hydrogens is 581 g/mol. The van der Waals surface area contributed by atoms with E-state index in [1.807, 2.05) is 36.4 Å². The molecule has 1 heterocycles. The van der Waals surface area contributed by atoms with E-state index in [1.54, 1.807) is 0 Å². The summed E-state index contributed by atoms with van der Waals surface area (Å²) in [4.78, 5) is 0. The van der Waals surface area contributed by atoms with Crippen LogP contribution in [0.1, 0.15) is 41.7 Å². The Kier molecular flexibility index (Phi) is 10.4. The van der Waals surface area contributed by atoms with Crippen LogP contribution in [0.25, 0.3) is 33.4 Å². The highest BCUT2D eigenvalue weighted by molar-refractivity contribution is 5.94. The average Bonchev–Trinajstić information content (AvgIpc) is 3.15. The van der Waals surface area contributed by atoms with Crippen LogP contribution in [0.3, 0.4) is 0 Å². The van der Waals surface area contributed by atoms with Gasteiger partial charge in [0.1, 0.15) is 11.5 Å². The fraction of sp³-hybridized carbons (Fsp3) is 0.0638. The number of hydrogen-bond donors (Lipinski definition) is 0. The van der Waals surface area contributed by atoms with Crippen molar-refractivity contribution < 1.29 is 4.74 Å². The second-order valence-electron chi connectivity index (χ2n) is 11.8. The molecule has 1 heteroatoms. The summed E-state index contributed by atoms with van der Waals surface area (Å²) in [6.45, 7) is 6.46. The van der Waals surface area contributed by atoms with Crippen LogP contribution >= 0.6 is 0 Å². The molecule has 0 fully saturated rings. The topological polar surface area (TPSA) is 9.23 Å². The number of ether oxygens (including phenoxy) is 1. The van der Waals surface area contributed by atoms with Crippen molar-refractivity contribution in [3.63, 3.8) is 0 Å². The lowest BCUT2D eigenvalue weighted by atomic mass is 9.92. The van der Waals surface area contributed by atoms with Gasteiger partial charge >= 0.3 is 0 Å². The molecule has 0 saturated carbocycles. The summed E-state index contributed by atoms with van der Waals surface area (Å²) in [7, 11) is 0.